The van der Waals surface area contributed by atoms with E-state index in [4.69, 9.17) is 0 Å². The van der Waals surface area contributed by atoms with Crippen molar-refractivity contribution in [1.82, 2.24) is 19.2 Å². The lowest BCUT2D eigenvalue weighted by atomic mass is 10.1. The fourth-order valence-electron chi connectivity index (χ4n) is 3.63. The molecule has 0 aliphatic rings. The predicted molar refractivity (Wildman–Crippen MR) is 132 cm³/mol. The number of hydrogen-bond acceptors (Lipinski definition) is 5. The van der Waals surface area contributed by atoms with Crippen LogP contribution in [0.25, 0.3) is 11.0 Å². The first-order chi connectivity index (χ1) is 15.7. The molecule has 0 atom stereocenters. The average molecular weight is 472 g/mol. The van der Waals surface area contributed by atoms with Crippen molar-refractivity contribution in [2.45, 2.75) is 45.6 Å². The van der Waals surface area contributed by atoms with Crippen molar-refractivity contribution in [3.8, 4) is 0 Å². The maximum absolute atomic E-state index is 12.6. The molecule has 0 spiro atoms. The van der Waals surface area contributed by atoms with Crippen LogP contribution in [0.4, 0.5) is 5.95 Å². The first kappa shape index (κ1) is 24.9. The summed E-state index contributed by atoms with van der Waals surface area (Å²) in [5, 5.41) is 2.86. The number of benzene rings is 2. The molecule has 8 nitrogen and oxygen atoms in total. The van der Waals surface area contributed by atoms with Crippen LogP contribution in [0.2, 0.25) is 0 Å². The summed E-state index contributed by atoms with van der Waals surface area (Å²) >= 11 is 0. The number of para-hydroxylation sites is 2. The first-order valence-corrected chi connectivity index (χ1v) is 12.8. The van der Waals surface area contributed by atoms with Gasteiger partial charge < -0.3 is 9.47 Å². The maximum atomic E-state index is 12.6. The third-order valence-corrected chi connectivity index (χ3v) is 7.33. The summed E-state index contributed by atoms with van der Waals surface area (Å²) in [4.78, 5) is 19.7. The van der Waals surface area contributed by atoms with Crippen molar-refractivity contribution in [3.63, 3.8) is 0 Å². The van der Waals surface area contributed by atoms with Gasteiger partial charge in [0.2, 0.25) is 21.9 Å². The molecule has 0 aliphatic heterocycles. The number of nitrogens with one attached hydrogen (secondary N) is 2. The second kappa shape index (κ2) is 10.9. The van der Waals surface area contributed by atoms with Gasteiger partial charge in [-0.3, -0.25) is 10.1 Å². The number of imidazole rings is 1. The highest BCUT2D eigenvalue weighted by atomic mass is 32.2. The molecule has 2 aromatic carbocycles. The molecule has 178 valence electrons. The molecular weight excluding hydrogens is 438 g/mol. The molecule has 2 N–H and O–H groups in total. The Hall–Kier alpha value is -2.75. The average Bonchev–Trinajstić information content (AvgIpc) is 3.13. The van der Waals surface area contributed by atoms with Gasteiger partial charge in [-0.2, -0.15) is 0 Å². The zero-order chi connectivity index (χ0) is 24.0. The Morgan fingerprint density at radius 2 is 1.79 bits per heavy atom. The highest BCUT2D eigenvalue weighted by Crippen LogP contribution is 2.20. The third kappa shape index (κ3) is 6.19. The number of likely N-dealkylation sites (N-methyl/N-ethyl adjacent to an activating group) is 1. The highest BCUT2D eigenvalue weighted by Gasteiger charge is 2.17. The predicted octanol–water partition coefficient (Wildman–Crippen LogP) is 3.30. The topological polar surface area (TPSA) is 96.3 Å². The number of anilines is 1. The van der Waals surface area contributed by atoms with Crippen LogP contribution in [0.15, 0.2) is 47.4 Å². The molecule has 0 saturated heterocycles. The molecule has 33 heavy (non-hydrogen) atoms. The SMILES string of the molecule is CCN(CC)CCn1c(NC(=O)CCNS(=O)(=O)c2ccc(C)c(C)c2)nc2ccccc21. The smallest absolute Gasteiger partial charge is 0.240 e. The van der Waals surface area contributed by atoms with Crippen molar-refractivity contribution >= 4 is 32.9 Å². The summed E-state index contributed by atoms with van der Waals surface area (Å²) in [5.74, 6) is 0.183. The van der Waals surface area contributed by atoms with Gasteiger partial charge in [-0.15, -0.1) is 0 Å². The molecule has 0 bridgehead atoms. The summed E-state index contributed by atoms with van der Waals surface area (Å²) in [5.41, 5.74) is 3.69. The van der Waals surface area contributed by atoms with Gasteiger partial charge in [-0.1, -0.05) is 32.0 Å². The molecule has 0 fully saturated rings. The van der Waals surface area contributed by atoms with Gasteiger partial charge in [0.05, 0.1) is 15.9 Å². The summed E-state index contributed by atoms with van der Waals surface area (Å²) in [6.07, 6.45) is 0.00330. The molecule has 1 amide bonds. The molecule has 3 rings (SSSR count). The summed E-state index contributed by atoms with van der Waals surface area (Å²) in [6.45, 7) is 11.5. The van der Waals surface area contributed by atoms with Crippen molar-refractivity contribution in [3.05, 3.63) is 53.6 Å². The fraction of sp³-hybridized carbons (Fsp3) is 0.417. The van der Waals surface area contributed by atoms with E-state index in [-0.39, 0.29) is 23.8 Å². The summed E-state index contributed by atoms with van der Waals surface area (Å²) in [7, 11) is -3.68. The maximum Gasteiger partial charge on any atom is 0.240 e. The molecule has 0 unspecified atom stereocenters. The van der Waals surface area contributed by atoms with Crippen LogP contribution < -0.4 is 10.0 Å². The quantitative estimate of drug-likeness (QED) is 0.447. The van der Waals surface area contributed by atoms with Crippen LogP contribution in [0, 0.1) is 13.8 Å². The van der Waals surface area contributed by atoms with Crippen LogP contribution in [0.1, 0.15) is 31.4 Å². The number of sulfonamides is 1. The molecule has 0 radical (unpaired) electrons. The molecule has 1 aromatic heterocycles. The van der Waals surface area contributed by atoms with E-state index in [1.165, 1.54) is 0 Å². The summed E-state index contributed by atoms with van der Waals surface area (Å²) < 4.78 is 29.6. The van der Waals surface area contributed by atoms with Gasteiger partial charge in [-0.05, 0) is 62.3 Å². The largest absolute Gasteiger partial charge is 0.309 e. The van der Waals surface area contributed by atoms with Crippen LogP contribution in [-0.4, -0.2) is 55.0 Å². The molecular formula is C24H33N5O3S. The number of hydrogen-bond donors (Lipinski definition) is 2. The Kier molecular flexibility index (Phi) is 8.23. The minimum absolute atomic E-state index is 0.000760. The minimum Gasteiger partial charge on any atom is -0.309 e. The lowest BCUT2D eigenvalue weighted by Gasteiger charge is -2.19. The third-order valence-electron chi connectivity index (χ3n) is 5.87. The van der Waals surface area contributed by atoms with Gasteiger partial charge in [0.1, 0.15) is 0 Å². The van der Waals surface area contributed by atoms with Crippen molar-refractivity contribution in [1.29, 1.82) is 0 Å². The number of amides is 1. The van der Waals surface area contributed by atoms with Gasteiger partial charge in [0.15, 0.2) is 0 Å². The Morgan fingerprint density at radius 1 is 1.06 bits per heavy atom. The molecule has 0 aliphatic carbocycles. The van der Waals surface area contributed by atoms with Gasteiger partial charge in [0.25, 0.3) is 0 Å². The standard InChI is InChI=1S/C24H33N5O3S/c1-5-28(6-2)15-16-29-22-10-8-7-9-21(22)26-24(29)27-23(30)13-14-25-33(31,32)20-12-11-18(3)19(4)17-20/h7-12,17,25H,5-6,13-16H2,1-4H3,(H,26,27,30). The number of nitrogens with zero attached hydrogens (tertiary/aromatic N) is 3. The van der Waals surface area contributed by atoms with E-state index >= 15 is 0 Å². The van der Waals surface area contributed by atoms with E-state index in [1.54, 1.807) is 18.2 Å². The number of aromatic nitrogens is 2. The number of carbonyl (C=O) groups is 1. The molecule has 0 saturated carbocycles. The Labute approximate surface area is 196 Å². The van der Waals surface area contributed by atoms with E-state index in [9.17, 15) is 13.2 Å². The zero-order valence-corrected chi connectivity index (χ0v) is 20.6. The first-order valence-electron chi connectivity index (χ1n) is 11.3. The molecule has 9 heteroatoms. The Bertz CT molecular complexity index is 1220. The fourth-order valence-corrected chi connectivity index (χ4v) is 4.75. The van der Waals surface area contributed by atoms with E-state index in [0.717, 1.165) is 41.8 Å². The van der Waals surface area contributed by atoms with E-state index < -0.39 is 10.0 Å². The van der Waals surface area contributed by atoms with Crippen molar-refractivity contribution in [2.24, 2.45) is 0 Å². The van der Waals surface area contributed by atoms with Gasteiger partial charge in [-0.25, -0.2) is 18.1 Å². The lowest BCUT2D eigenvalue weighted by molar-refractivity contribution is -0.116. The van der Waals surface area contributed by atoms with E-state index in [2.05, 4.69) is 33.8 Å². The van der Waals surface area contributed by atoms with E-state index in [1.807, 2.05) is 42.7 Å². The van der Waals surface area contributed by atoms with Gasteiger partial charge >= 0.3 is 0 Å². The van der Waals surface area contributed by atoms with Crippen LogP contribution in [-0.2, 0) is 21.4 Å². The second-order valence-corrected chi connectivity index (χ2v) is 9.81. The van der Waals surface area contributed by atoms with Crippen molar-refractivity contribution < 1.29 is 13.2 Å². The second-order valence-electron chi connectivity index (χ2n) is 8.04. The zero-order valence-electron chi connectivity index (χ0n) is 19.8. The number of rotatable bonds is 11. The normalized spacial score (nSPS) is 11.9. The molecule has 3 aromatic rings. The lowest BCUT2D eigenvalue weighted by Crippen LogP contribution is -2.29. The Morgan fingerprint density at radius 3 is 2.48 bits per heavy atom. The van der Waals surface area contributed by atoms with Crippen LogP contribution >= 0.6 is 0 Å². The van der Waals surface area contributed by atoms with Crippen LogP contribution in [0.3, 0.4) is 0 Å². The minimum atomic E-state index is -3.68. The highest BCUT2D eigenvalue weighted by molar-refractivity contribution is 7.89. The van der Waals surface area contributed by atoms with Gasteiger partial charge in [0, 0.05) is 26.1 Å². The van der Waals surface area contributed by atoms with Crippen molar-refractivity contribution in [2.75, 3.05) is 31.5 Å². The summed E-state index contributed by atoms with van der Waals surface area (Å²) in [6, 6.07) is 12.7. The number of fused-ring (bicyclic) bond motifs is 1. The Balaban J connectivity index is 1.65. The molecule has 1 heterocycles. The van der Waals surface area contributed by atoms with E-state index in [0.29, 0.717) is 12.5 Å². The number of aryl methyl sites for hydroxylation is 2. The monoisotopic (exact) mass is 471 g/mol. The van der Waals surface area contributed by atoms with Crippen LogP contribution in [0.5, 0.6) is 0 Å². The number of carbonyl (C=O) groups excluding carboxylic acids is 1.